The molecule has 19 rings (SSSR count). The first-order valence-corrected chi connectivity index (χ1v) is 32.6. The first-order chi connectivity index (χ1) is 57.1. The van der Waals surface area contributed by atoms with Crippen LogP contribution in [0.4, 0.5) is 34.1 Å². The molecule has 2 aliphatic rings. The third kappa shape index (κ3) is 8.87. The van der Waals surface area contributed by atoms with Gasteiger partial charge in [-0.1, -0.05) is 241 Å². The van der Waals surface area contributed by atoms with Gasteiger partial charge in [0.1, 0.15) is 0 Å². The van der Waals surface area contributed by atoms with Crippen molar-refractivity contribution in [2.75, 3.05) is 9.80 Å². The molecule has 5 nitrogen and oxygen atoms in total. The Balaban J connectivity index is 1.06. The van der Waals surface area contributed by atoms with Crippen molar-refractivity contribution in [2.24, 2.45) is 0 Å². The zero-order valence-electron chi connectivity index (χ0n) is 76.1. The van der Waals surface area contributed by atoms with Crippen molar-refractivity contribution in [3.8, 4) is 50.4 Å². The van der Waals surface area contributed by atoms with Gasteiger partial charge in [-0.15, -0.1) is 0 Å². The van der Waals surface area contributed by atoms with Crippen LogP contribution in [0.1, 0.15) is 82.8 Å². The van der Waals surface area contributed by atoms with Crippen LogP contribution in [0.3, 0.4) is 0 Å². The molecule has 0 atom stereocenters. The second-order valence-electron chi connectivity index (χ2n) is 27.2. The van der Waals surface area contributed by atoms with E-state index in [2.05, 4.69) is 76.4 Å². The Hall–Kier alpha value is -11.9. The van der Waals surface area contributed by atoms with Crippen LogP contribution in [0.2, 0.25) is 0 Å². The summed E-state index contributed by atoms with van der Waals surface area (Å²) in [7, 11) is 0. The summed E-state index contributed by atoms with van der Waals surface area (Å²) in [5, 5.41) is 0.351. The molecular weight excluding hydrogens is 1190 g/mol. The van der Waals surface area contributed by atoms with Gasteiger partial charge in [0.15, 0.2) is 0 Å². The number of benzene rings is 14. The second kappa shape index (κ2) is 21.8. The maximum Gasteiger partial charge on any atom is 0.252 e. The van der Waals surface area contributed by atoms with Gasteiger partial charge >= 0.3 is 0 Å². The number of hydrogen-bond acceptors (Lipinski definition) is 2. The van der Waals surface area contributed by atoms with Crippen molar-refractivity contribution in [1.29, 1.82) is 0 Å². The molecule has 5 heterocycles. The molecule has 3 aromatic heterocycles. The molecule has 0 aliphatic carbocycles. The van der Waals surface area contributed by atoms with E-state index >= 15 is 0 Å². The Morgan fingerprint density at radius 1 is 0.286 bits per heavy atom. The van der Waals surface area contributed by atoms with E-state index in [4.69, 9.17) is 5.48 Å². The first kappa shape index (κ1) is 39.2. The Kier molecular flexibility index (Phi) is 8.75. The highest BCUT2D eigenvalue weighted by molar-refractivity contribution is 7.00. The fourth-order valence-corrected chi connectivity index (χ4v) is 14.8. The third-order valence-electron chi connectivity index (χ3n) is 19.5. The summed E-state index contributed by atoms with van der Waals surface area (Å²) < 4.78 is 222. The van der Waals surface area contributed by atoms with Crippen molar-refractivity contribution in [2.45, 2.75) is 52.4 Å². The second-order valence-corrected chi connectivity index (χ2v) is 27.2. The number of nitrogens with zero attached hydrogens (tertiary/aromatic N) is 5. The lowest BCUT2D eigenvalue weighted by Gasteiger charge is -2.45. The van der Waals surface area contributed by atoms with Crippen LogP contribution in [0.15, 0.2) is 315 Å². The quantitative estimate of drug-likeness (QED) is 0.141. The topological polar surface area (TPSA) is 21.3 Å². The van der Waals surface area contributed by atoms with E-state index in [1.54, 1.807) is 0 Å². The molecule has 0 amide bonds. The zero-order chi connectivity index (χ0) is 84.9. The smallest absolute Gasteiger partial charge is 0.252 e. The van der Waals surface area contributed by atoms with Crippen molar-refractivity contribution in [3.05, 3.63) is 326 Å². The average Bonchev–Trinajstić information content (AvgIpc) is 1.01. The fourth-order valence-electron chi connectivity index (χ4n) is 14.8. The lowest BCUT2D eigenvalue weighted by molar-refractivity contribution is 0.590. The number of hydrogen-bond donors (Lipinski definition) is 0. The summed E-state index contributed by atoms with van der Waals surface area (Å²) in [4.78, 5) is 3.66. The minimum Gasteiger partial charge on any atom is -0.311 e. The molecular formula is C92H70BN5. The van der Waals surface area contributed by atoms with E-state index in [0.29, 0.717) is 50.2 Å². The van der Waals surface area contributed by atoms with Crippen LogP contribution < -0.4 is 26.2 Å². The van der Waals surface area contributed by atoms with Crippen LogP contribution in [0.5, 0.6) is 0 Å². The maximum absolute atomic E-state index is 11.6. The Morgan fingerprint density at radius 3 is 1.15 bits per heavy atom. The van der Waals surface area contributed by atoms with Crippen LogP contribution >= 0.6 is 0 Å². The molecule has 2 aliphatic heterocycles. The summed E-state index contributed by atoms with van der Waals surface area (Å²) in [5.41, 5.74) is 5.34. The van der Waals surface area contributed by atoms with E-state index in [0.717, 1.165) is 47.8 Å². The molecule has 17 aromatic rings. The summed E-state index contributed by atoms with van der Waals surface area (Å²) in [5.74, 6) is 0. The Bertz CT molecular complexity index is 6960. The molecule has 0 unspecified atom stereocenters. The highest BCUT2D eigenvalue weighted by atomic mass is 15.2. The normalized spacial score (nSPS) is 16.1. The standard InChI is InChI=1S/C92H70BN5/c1-91(2,3)63-43-50-83(73(55-63)59-26-10-7-11-27-59)97-86-57-66(95-78-37-21-16-32-68(78)69-33-17-22-38-79(69)95)45-47-76(86)93-77-48-46-67(96-80-39-23-18-34-70(80)71-35-19-24-40-81(71)96)58-87(77)98(84-51-44-64(92(4,5)6)56-74(84)60-28-12-8-13-29-60)89-54-62(53-88(97)90(89)93)61-42-49-85-75(52-61)72-36-20-25-41-82(72)94(85)65-30-14-9-15-31-65/h7-58H,1-6H3/i16D,17D,18D,19D,21D,22D,23D,24D,32D,33D,34D,35D,37D,38D,39D,40D,45D,46D,47D,48D,57D,58D. The molecule has 98 heavy (non-hydrogen) atoms. The van der Waals surface area contributed by atoms with Gasteiger partial charge in [0.25, 0.3) is 6.71 Å². The summed E-state index contributed by atoms with van der Waals surface area (Å²) >= 11 is 0. The lowest BCUT2D eigenvalue weighted by Crippen LogP contribution is -2.61. The molecule has 0 radical (unpaired) electrons. The van der Waals surface area contributed by atoms with Crippen LogP contribution in [0, 0.1) is 0 Å². The van der Waals surface area contributed by atoms with Crippen LogP contribution in [0.25, 0.3) is 116 Å². The van der Waals surface area contributed by atoms with Gasteiger partial charge in [-0.05, 0) is 176 Å². The molecule has 14 aromatic carbocycles. The van der Waals surface area contributed by atoms with Gasteiger partial charge in [-0.2, -0.15) is 0 Å². The summed E-state index contributed by atoms with van der Waals surface area (Å²) in [6.45, 7) is 10.8. The molecule has 0 spiro atoms. The van der Waals surface area contributed by atoms with E-state index in [9.17, 15) is 24.7 Å². The van der Waals surface area contributed by atoms with Crippen molar-refractivity contribution < 1.29 is 30.2 Å². The highest BCUT2D eigenvalue weighted by Crippen LogP contribution is 2.52. The monoisotopic (exact) mass is 1280 g/mol. The van der Waals surface area contributed by atoms with Gasteiger partial charge in [0, 0.05) is 83.3 Å². The maximum atomic E-state index is 11.6. The van der Waals surface area contributed by atoms with Gasteiger partial charge < -0.3 is 23.5 Å². The van der Waals surface area contributed by atoms with Gasteiger partial charge in [-0.3, -0.25) is 0 Å². The number of anilines is 6. The van der Waals surface area contributed by atoms with Crippen molar-refractivity contribution in [1.82, 2.24) is 13.7 Å². The molecule has 6 heteroatoms. The predicted molar refractivity (Wildman–Crippen MR) is 417 cm³/mol. The zero-order valence-corrected chi connectivity index (χ0v) is 54.1. The molecule has 0 N–H and O–H groups in total. The molecule has 466 valence electrons. The van der Waals surface area contributed by atoms with E-state index < -0.39 is 184 Å². The van der Waals surface area contributed by atoms with Gasteiger partial charge in [0.2, 0.25) is 0 Å². The van der Waals surface area contributed by atoms with Crippen LogP contribution in [-0.4, -0.2) is 20.4 Å². The van der Waals surface area contributed by atoms with Gasteiger partial charge in [0.05, 0.1) is 74.6 Å². The largest absolute Gasteiger partial charge is 0.311 e. The van der Waals surface area contributed by atoms with E-state index in [1.807, 2.05) is 161 Å². The first-order valence-electron chi connectivity index (χ1n) is 43.6. The highest BCUT2D eigenvalue weighted by Gasteiger charge is 2.45. The molecule has 0 saturated heterocycles. The Labute approximate surface area is 603 Å². The minimum atomic E-state index is -1.62. The molecule has 0 saturated carbocycles. The van der Waals surface area contributed by atoms with Crippen molar-refractivity contribution in [3.63, 3.8) is 0 Å². The fraction of sp³-hybridized carbons (Fsp3) is 0.0870. The minimum absolute atomic E-state index is 0.152. The number of fused-ring (bicyclic) bond motifs is 13. The number of aromatic nitrogens is 3. The summed E-state index contributed by atoms with van der Waals surface area (Å²) in [6, 6.07) is 43.2. The van der Waals surface area contributed by atoms with Crippen LogP contribution in [-0.2, 0) is 10.8 Å². The SMILES string of the molecule is [2H]c1c([2H])c(-n2c3c([2H])c([2H])c([2H])c([2H])c3c3c([2H])c([2H])c([2H])c([2H])c32)c([2H])c2c1B1c3c(cc(-c4ccc5c(c4)c4ccccc4n5-c4ccccc4)cc3N(c3ccc(C(C)(C)C)cc3-c3ccccc3)c3c([2H])c(-n4c5c([2H])c([2H])c([2H])c([2H])c5c5c([2H])c([2H])c([2H])c([2H])c54)c([2H])c([2H])c31)N2c1ccc(C(C)(C)C)cc1-c1ccccc1. The number of rotatable bonds is 8. The van der Waals surface area contributed by atoms with Gasteiger partial charge in [-0.25, -0.2) is 0 Å². The Morgan fingerprint density at radius 2 is 0.694 bits per heavy atom. The summed E-state index contributed by atoms with van der Waals surface area (Å²) in [6.07, 6.45) is 0. The van der Waals surface area contributed by atoms with E-state index in [1.165, 1.54) is 0 Å². The third-order valence-corrected chi connectivity index (χ3v) is 19.5. The lowest BCUT2D eigenvalue weighted by atomic mass is 9.33. The molecule has 0 fully saturated rings. The predicted octanol–water partition coefficient (Wildman–Crippen LogP) is 22.7. The molecule has 0 bridgehead atoms. The van der Waals surface area contributed by atoms with Crippen molar-refractivity contribution >= 4 is 123 Å². The number of para-hydroxylation sites is 6. The van der Waals surface area contributed by atoms with E-state index in [-0.39, 0.29) is 55.2 Å². The average molecular weight is 1280 g/mol.